The van der Waals surface area contributed by atoms with Gasteiger partial charge in [0.1, 0.15) is 11.5 Å². The number of aromatic nitrogens is 3. The van der Waals surface area contributed by atoms with Crippen LogP contribution in [0.25, 0.3) is 0 Å². The molecule has 1 aromatic carbocycles. The van der Waals surface area contributed by atoms with Crippen LogP contribution in [0, 0.1) is 0 Å². The smallest absolute Gasteiger partial charge is 0.293 e. The maximum atomic E-state index is 12.1. The molecule has 0 aliphatic carbocycles. The van der Waals surface area contributed by atoms with Gasteiger partial charge in [0.25, 0.3) is 5.91 Å². The summed E-state index contributed by atoms with van der Waals surface area (Å²) >= 11 is 0. The van der Waals surface area contributed by atoms with Crippen molar-refractivity contribution in [1.82, 2.24) is 15.2 Å². The third-order valence-corrected chi connectivity index (χ3v) is 2.53. The fraction of sp³-hybridized carbons (Fsp3) is 0.308. The fourth-order valence-electron chi connectivity index (χ4n) is 1.70. The van der Waals surface area contributed by atoms with E-state index in [4.69, 9.17) is 15.2 Å². The molecule has 4 N–H and O–H groups in total. The summed E-state index contributed by atoms with van der Waals surface area (Å²) in [5.74, 6) is 0.744. The van der Waals surface area contributed by atoms with Crippen molar-refractivity contribution < 1.29 is 14.3 Å². The summed E-state index contributed by atoms with van der Waals surface area (Å²) in [5, 5.41) is 8.75. The lowest BCUT2D eigenvalue weighted by atomic mass is 10.2. The quantitative estimate of drug-likeness (QED) is 0.741. The van der Waals surface area contributed by atoms with Crippen LogP contribution in [0.3, 0.4) is 0 Å². The van der Waals surface area contributed by atoms with E-state index in [1.807, 2.05) is 13.8 Å². The zero-order chi connectivity index (χ0) is 15.2. The van der Waals surface area contributed by atoms with Crippen LogP contribution >= 0.6 is 0 Å². The van der Waals surface area contributed by atoms with Gasteiger partial charge in [0.2, 0.25) is 11.8 Å². The van der Waals surface area contributed by atoms with Crippen LogP contribution in [0.5, 0.6) is 11.5 Å². The Balaban J connectivity index is 2.23. The van der Waals surface area contributed by atoms with E-state index in [0.717, 1.165) is 0 Å². The number of hydrogen-bond acceptors (Lipinski definition) is 6. The van der Waals surface area contributed by atoms with Crippen LogP contribution < -0.4 is 20.5 Å². The second-order valence-electron chi connectivity index (χ2n) is 4.02. The average molecular weight is 291 g/mol. The van der Waals surface area contributed by atoms with E-state index in [2.05, 4.69) is 20.5 Å². The average Bonchev–Trinajstić information content (AvgIpc) is 2.89. The van der Waals surface area contributed by atoms with E-state index in [1.54, 1.807) is 18.2 Å². The number of aromatic amines is 1. The van der Waals surface area contributed by atoms with Gasteiger partial charge in [-0.1, -0.05) is 0 Å². The zero-order valence-electron chi connectivity index (χ0n) is 11.8. The van der Waals surface area contributed by atoms with Crippen molar-refractivity contribution in [3.8, 4) is 11.5 Å². The molecular weight excluding hydrogens is 274 g/mol. The monoisotopic (exact) mass is 291 g/mol. The molecular formula is C13H17N5O3. The van der Waals surface area contributed by atoms with Crippen molar-refractivity contribution in [1.29, 1.82) is 0 Å². The van der Waals surface area contributed by atoms with Gasteiger partial charge in [-0.15, -0.1) is 5.10 Å². The number of hydrogen-bond donors (Lipinski definition) is 3. The fourth-order valence-corrected chi connectivity index (χ4v) is 1.70. The van der Waals surface area contributed by atoms with Gasteiger partial charge in [-0.3, -0.25) is 9.89 Å². The molecule has 0 atom stereocenters. The summed E-state index contributed by atoms with van der Waals surface area (Å²) in [6, 6.07) is 5.20. The van der Waals surface area contributed by atoms with Crippen LogP contribution in [0.15, 0.2) is 18.2 Å². The molecule has 2 aromatic rings. The SMILES string of the molecule is CCOc1ccc(OCC)c(NC(=O)c2nc(N)n[nH]2)c1. The molecule has 112 valence electrons. The number of amides is 1. The van der Waals surface area contributed by atoms with Gasteiger partial charge in [-0.2, -0.15) is 4.98 Å². The maximum Gasteiger partial charge on any atom is 0.293 e. The summed E-state index contributed by atoms with van der Waals surface area (Å²) in [6.45, 7) is 4.75. The van der Waals surface area contributed by atoms with Crippen molar-refractivity contribution in [2.45, 2.75) is 13.8 Å². The van der Waals surface area contributed by atoms with Gasteiger partial charge in [0.05, 0.1) is 18.9 Å². The Bertz CT molecular complexity index is 626. The first-order valence-electron chi connectivity index (χ1n) is 6.53. The van der Waals surface area contributed by atoms with Crippen LogP contribution in [-0.4, -0.2) is 34.3 Å². The van der Waals surface area contributed by atoms with Crippen LogP contribution in [0.1, 0.15) is 24.5 Å². The first-order valence-corrected chi connectivity index (χ1v) is 6.53. The zero-order valence-corrected chi connectivity index (χ0v) is 11.8. The van der Waals surface area contributed by atoms with Crippen LogP contribution in [0.2, 0.25) is 0 Å². The molecule has 0 aliphatic heterocycles. The third-order valence-electron chi connectivity index (χ3n) is 2.53. The number of nitrogens with two attached hydrogens (primary N) is 1. The summed E-state index contributed by atoms with van der Waals surface area (Å²) in [5.41, 5.74) is 5.86. The molecule has 1 amide bonds. The Morgan fingerprint density at radius 3 is 2.71 bits per heavy atom. The lowest BCUT2D eigenvalue weighted by Gasteiger charge is -2.12. The second-order valence-corrected chi connectivity index (χ2v) is 4.02. The topological polar surface area (TPSA) is 115 Å². The number of anilines is 2. The molecule has 0 unspecified atom stereocenters. The first-order chi connectivity index (χ1) is 10.1. The molecule has 21 heavy (non-hydrogen) atoms. The molecule has 1 aromatic heterocycles. The molecule has 0 bridgehead atoms. The maximum absolute atomic E-state index is 12.1. The standard InChI is InChI=1S/C13H17N5O3/c1-3-20-8-5-6-10(21-4-2)9(7-8)15-12(19)11-16-13(14)18-17-11/h5-7H,3-4H2,1-2H3,(H,15,19)(H3,14,16,17,18). The largest absolute Gasteiger partial charge is 0.494 e. The Hall–Kier alpha value is -2.77. The van der Waals surface area contributed by atoms with Gasteiger partial charge in [-0.05, 0) is 26.0 Å². The van der Waals surface area contributed by atoms with E-state index in [1.165, 1.54) is 0 Å². The molecule has 2 rings (SSSR count). The number of ether oxygens (including phenoxy) is 2. The molecule has 0 saturated carbocycles. The van der Waals surface area contributed by atoms with Crippen molar-refractivity contribution in [2.24, 2.45) is 0 Å². The molecule has 1 heterocycles. The summed E-state index contributed by atoms with van der Waals surface area (Å²) in [7, 11) is 0. The Labute approximate surface area is 121 Å². The highest BCUT2D eigenvalue weighted by molar-refractivity contribution is 6.02. The molecule has 8 nitrogen and oxygen atoms in total. The minimum Gasteiger partial charge on any atom is -0.494 e. The number of rotatable bonds is 6. The predicted octanol–water partition coefficient (Wildman–Crippen LogP) is 1.44. The molecule has 0 fully saturated rings. The van der Waals surface area contributed by atoms with Crippen LogP contribution in [0.4, 0.5) is 11.6 Å². The third kappa shape index (κ3) is 3.62. The minimum absolute atomic E-state index is 0.00764. The molecule has 8 heteroatoms. The van der Waals surface area contributed by atoms with Gasteiger partial charge >= 0.3 is 0 Å². The lowest BCUT2D eigenvalue weighted by molar-refractivity contribution is 0.101. The minimum atomic E-state index is -0.464. The Morgan fingerprint density at radius 1 is 1.33 bits per heavy atom. The second kappa shape index (κ2) is 6.60. The number of H-pyrrole nitrogens is 1. The Kier molecular flexibility index (Phi) is 4.60. The number of carbonyl (C=O) groups excluding carboxylic acids is 1. The number of nitrogen functional groups attached to an aromatic ring is 1. The highest BCUT2D eigenvalue weighted by atomic mass is 16.5. The number of carbonyl (C=O) groups is 1. The van der Waals surface area contributed by atoms with E-state index < -0.39 is 5.91 Å². The van der Waals surface area contributed by atoms with Gasteiger partial charge in [0, 0.05) is 6.07 Å². The van der Waals surface area contributed by atoms with Crippen molar-refractivity contribution in [3.05, 3.63) is 24.0 Å². The van der Waals surface area contributed by atoms with Gasteiger partial charge < -0.3 is 20.5 Å². The lowest BCUT2D eigenvalue weighted by Crippen LogP contribution is -2.15. The van der Waals surface area contributed by atoms with Crippen LogP contribution in [-0.2, 0) is 0 Å². The Morgan fingerprint density at radius 2 is 2.10 bits per heavy atom. The molecule has 0 spiro atoms. The van der Waals surface area contributed by atoms with E-state index in [-0.39, 0.29) is 11.8 Å². The highest BCUT2D eigenvalue weighted by Gasteiger charge is 2.14. The number of benzene rings is 1. The molecule has 0 saturated heterocycles. The van der Waals surface area contributed by atoms with Crippen molar-refractivity contribution in [2.75, 3.05) is 24.3 Å². The molecule has 0 radical (unpaired) electrons. The molecule has 0 aliphatic rings. The van der Waals surface area contributed by atoms with E-state index >= 15 is 0 Å². The predicted molar refractivity (Wildman–Crippen MR) is 77.5 cm³/mol. The van der Waals surface area contributed by atoms with Gasteiger partial charge in [0.15, 0.2) is 0 Å². The van der Waals surface area contributed by atoms with Crippen molar-refractivity contribution in [3.63, 3.8) is 0 Å². The summed E-state index contributed by atoms with van der Waals surface area (Å²) < 4.78 is 10.9. The number of nitrogens with zero attached hydrogens (tertiary/aromatic N) is 2. The first kappa shape index (κ1) is 14.6. The summed E-state index contributed by atoms with van der Waals surface area (Å²) in [6.07, 6.45) is 0. The normalized spacial score (nSPS) is 10.2. The van der Waals surface area contributed by atoms with E-state index in [9.17, 15) is 4.79 Å². The van der Waals surface area contributed by atoms with Crippen molar-refractivity contribution >= 4 is 17.5 Å². The van der Waals surface area contributed by atoms with Gasteiger partial charge in [-0.25, -0.2) is 0 Å². The van der Waals surface area contributed by atoms with E-state index in [0.29, 0.717) is 30.4 Å². The highest BCUT2D eigenvalue weighted by Crippen LogP contribution is 2.29. The number of nitrogens with one attached hydrogen (secondary N) is 2. The summed E-state index contributed by atoms with van der Waals surface area (Å²) in [4.78, 5) is 15.8.